The first-order valence-electron chi connectivity index (χ1n) is 4.01. The monoisotopic (exact) mass is 124 g/mol. The molecule has 1 nitrogen and oxygen atoms in total. The van der Waals surface area contributed by atoms with Gasteiger partial charge in [0.2, 0.25) is 0 Å². The van der Waals surface area contributed by atoms with Crippen LogP contribution >= 0.6 is 0 Å². The number of hydrogen-bond donors (Lipinski definition) is 0. The first kappa shape index (κ1) is 5.72. The standard InChI is InChI=1S/C8H14N/c1-3-8-4-2-6-9(5-1)7-8/h3,8H,1-2,4-7H2. The number of fused-ring (bicyclic) bond motifs is 2. The Labute approximate surface area is 57.0 Å². The van der Waals surface area contributed by atoms with E-state index in [-0.39, 0.29) is 0 Å². The molecule has 2 aliphatic heterocycles. The molecule has 2 aliphatic rings. The number of piperidine rings is 2. The summed E-state index contributed by atoms with van der Waals surface area (Å²) in [5, 5.41) is 0. The van der Waals surface area contributed by atoms with Crippen LogP contribution in [0.2, 0.25) is 0 Å². The lowest BCUT2D eigenvalue weighted by Crippen LogP contribution is -2.40. The van der Waals surface area contributed by atoms with Crippen LogP contribution in [-0.2, 0) is 0 Å². The Balaban J connectivity index is 1.96. The van der Waals surface area contributed by atoms with Gasteiger partial charge in [0.25, 0.3) is 0 Å². The molecule has 0 aromatic rings. The van der Waals surface area contributed by atoms with E-state index in [1.165, 1.54) is 38.9 Å². The lowest BCUT2D eigenvalue weighted by molar-refractivity contribution is 0.159. The predicted octanol–water partition coefficient (Wildman–Crippen LogP) is 1.31. The molecule has 0 aromatic heterocycles. The average Bonchev–Trinajstić information content (AvgIpc) is 1.88. The van der Waals surface area contributed by atoms with Crippen LogP contribution in [0, 0.1) is 12.3 Å². The molecule has 2 rings (SSSR count). The van der Waals surface area contributed by atoms with Crippen molar-refractivity contribution in [2.75, 3.05) is 19.6 Å². The highest BCUT2D eigenvalue weighted by molar-refractivity contribution is 4.88. The van der Waals surface area contributed by atoms with Crippen molar-refractivity contribution < 1.29 is 0 Å². The molecule has 0 aliphatic carbocycles. The third-order valence-electron chi connectivity index (χ3n) is 2.49. The highest BCUT2D eigenvalue weighted by Gasteiger charge is 2.23. The fraction of sp³-hybridized carbons (Fsp3) is 0.875. The van der Waals surface area contributed by atoms with Crippen LogP contribution in [0.3, 0.4) is 0 Å². The van der Waals surface area contributed by atoms with Crippen LogP contribution in [0.1, 0.15) is 19.3 Å². The van der Waals surface area contributed by atoms with Gasteiger partial charge in [-0.3, -0.25) is 0 Å². The Morgan fingerprint density at radius 2 is 2.33 bits per heavy atom. The van der Waals surface area contributed by atoms with Crippen LogP contribution in [0.4, 0.5) is 0 Å². The van der Waals surface area contributed by atoms with E-state index in [0.29, 0.717) is 0 Å². The summed E-state index contributed by atoms with van der Waals surface area (Å²) in [7, 11) is 0. The third kappa shape index (κ3) is 1.11. The summed E-state index contributed by atoms with van der Waals surface area (Å²) in [4.78, 5) is 2.59. The van der Waals surface area contributed by atoms with Gasteiger partial charge in [0.15, 0.2) is 0 Å². The number of rotatable bonds is 0. The van der Waals surface area contributed by atoms with Gasteiger partial charge in [0, 0.05) is 6.54 Å². The van der Waals surface area contributed by atoms with E-state index in [2.05, 4.69) is 11.3 Å². The number of hydrogen-bond acceptors (Lipinski definition) is 1. The van der Waals surface area contributed by atoms with Crippen LogP contribution < -0.4 is 0 Å². The van der Waals surface area contributed by atoms with E-state index < -0.39 is 0 Å². The SMILES string of the molecule is [CH]1CCN2CCCC1C2. The minimum absolute atomic E-state index is 0.951. The Morgan fingerprint density at radius 1 is 1.33 bits per heavy atom. The molecule has 1 radical (unpaired) electrons. The quantitative estimate of drug-likeness (QED) is 0.470. The van der Waals surface area contributed by atoms with E-state index in [1.54, 1.807) is 0 Å². The molecule has 2 saturated heterocycles. The Hall–Kier alpha value is -0.0400. The normalized spacial score (nSPS) is 42.7. The van der Waals surface area contributed by atoms with Crippen molar-refractivity contribution in [3.05, 3.63) is 6.42 Å². The fourth-order valence-electron chi connectivity index (χ4n) is 1.98. The largest absolute Gasteiger partial charge is 0.303 e. The van der Waals surface area contributed by atoms with Gasteiger partial charge in [-0.05, 0) is 44.7 Å². The highest BCUT2D eigenvalue weighted by atomic mass is 15.1. The molecule has 2 atom stereocenters. The second-order valence-electron chi connectivity index (χ2n) is 3.23. The van der Waals surface area contributed by atoms with E-state index in [1.807, 2.05) is 0 Å². The molecular formula is C8H14N. The molecule has 0 amide bonds. The van der Waals surface area contributed by atoms with Gasteiger partial charge in [-0.25, -0.2) is 0 Å². The summed E-state index contributed by atoms with van der Waals surface area (Å²) in [6.45, 7) is 4.06. The minimum atomic E-state index is 0.951. The summed E-state index contributed by atoms with van der Waals surface area (Å²) < 4.78 is 0. The molecule has 0 saturated carbocycles. The van der Waals surface area contributed by atoms with Crippen molar-refractivity contribution in [2.45, 2.75) is 19.3 Å². The molecule has 1 heteroatoms. The van der Waals surface area contributed by atoms with Gasteiger partial charge in [0.1, 0.15) is 0 Å². The summed E-state index contributed by atoms with van der Waals surface area (Å²) in [5.41, 5.74) is 0. The molecular weight excluding hydrogens is 110 g/mol. The first-order chi connectivity index (χ1) is 4.45. The van der Waals surface area contributed by atoms with Crippen molar-refractivity contribution >= 4 is 0 Å². The van der Waals surface area contributed by atoms with Gasteiger partial charge >= 0.3 is 0 Å². The zero-order valence-corrected chi connectivity index (χ0v) is 5.84. The van der Waals surface area contributed by atoms with Crippen molar-refractivity contribution in [3.8, 4) is 0 Å². The molecule has 2 fully saturated rings. The topological polar surface area (TPSA) is 3.24 Å². The zero-order chi connectivity index (χ0) is 6.10. The highest BCUT2D eigenvalue weighted by Crippen LogP contribution is 2.24. The summed E-state index contributed by atoms with van der Waals surface area (Å²) >= 11 is 0. The van der Waals surface area contributed by atoms with Crippen LogP contribution in [-0.4, -0.2) is 24.5 Å². The lowest BCUT2D eigenvalue weighted by Gasteiger charge is -2.37. The maximum Gasteiger partial charge on any atom is 0.00124 e. The zero-order valence-electron chi connectivity index (χ0n) is 5.84. The van der Waals surface area contributed by atoms with E-state index in [9.17, 15) is 0 Å². The third-order valence-corrected chi connectivity index (χ3v) is 2.49. The first-order valence-corrected chi connectivity index (χ1v) is 4.01. The molecule has 2 bridgehead atoms. The van der Waals surface area contributed by atoms with Crippen LogP contribution in [0.25, 0.3) is 0 Å². The molecule has 0 aromatic carbocycles. The van der Waals surface area contributed by atoms with Crippen LogP contribution in [0.15, 0.2) is 0 Å². The molecule has 9 heavy (non-hydrogen) atoms. The van der Waals surface area contributed by atoms with Gasteiger partial charge < -0.3 is 4.90 Å². The van der Waals surface area contributed by atoms with E-state index in [0.717, 1.165) is 5.92 Å². The molecule has 2 heterocycles. The second-order valence-corrected chi connectivity index (χ2v) is 3.23. The van der Waals surface area contributed by atoms with Gasteiger partial charge in [0.05, 0.1) is 0 Å². The lowest BCUT2D eigenvalue weighted by atomic mass is 9.90. The molecule has 2 unspecified atom stereocenters. The van der Waals surface area contributed by atoms with Crippen molar-refractivity contribution in [3.63, 3.8) is 0 Å². The minimum Gasteiger partial charge on any atom is -0.303 e. The molecule has 51 valence electrons. The van der Waals surface area contributed by atoms with Gasteiger partial charge in [-0.1, -0.05) is 0 Å². The maximum atomic E-state index is 2.59. The Morgan fingerprint density at radius 3 is 3.11 bits per heavy atom. The predicted molar refractivity (Wildman–Crippen MR) is 38.1 cm³/mol. The summed E-state index contributed by atoms with van der Waals surface area (Å²) in [5.74, 6) is 0.951. The van der Waals surface area contributed by atoms with Crippen LogP contribution in [0.5, 0.6) is 0 Å². The average molecular weight is 124 g/mol. The van der Waals surface area contributed by atoms with E-state index in [4.69, 9.17) is 0 Å². The van der Waals surface area contributed by atoms with Gasteiger partial charge in [-0.2, -0.15) is 0 Å². The van der Waals surface area contributed by atoms with Crippen molar-refractivity contribution in [2.24, 2.45) is 5.92 Å². The number of nitrogens with zero attached hydrogens (tertiary/aromatic N) is 1. The Kier molecular flexibility index (Phi) is 1.46. The second kappa shape index (κ2) is 2.30. The maximum absolute atomic E-state index is 2.59. The molecule has 0 spiro atoms. The van der Waals surface area contributed by atoms with Crippen molar-refractivity contribution in [1.29, 1.82) is 0 Å². The smallest absolute Gasteiger partial charge is 0.00124 e. The summed E-state index contributed by atoms with van der Waals surface area (Å²) in [6.07, 6.45) is 6.73. The van der Waals surface area contributed by atoms with Gasteiger partial charge in [-0.15, -0.1) is 0 Å². The fourth-order valence-corrected chi connectivity index (χ4v) is 1.98. The molecule has 0 N–H and O–H groups in total. The summed E-state index contributed by atoms with van der Waals surface area (Å²) in [6, 6.07) is 0. The Bertz CT molecular complexity index is 80.7. The van der Waals surface area contributed by atoms with E-state index >= 15 is 0 Å². The van der Waals surface area contributed by atoms with Crippen molar-refractivity contribution in [1.82, 2.24) is 4.90 Å².